The monoisotopic (exact) mass is 404 g/mol. The van der Waals surface area contributed by atoms with E-state index in [1.54, 1.807) is 13.0 Å². The van der Waals surface area contributed by atoms with Gasteiger partial charge in [-0.2, -0.15) is 0 Å². The Hall–Kier alpha value is -2.40. The first kappa shape index (κ1) is 20.3. The lowest BCUT2D eigenvalue weighted by molar-refractivity contribution is -0.250. The summed E-state index contributed by atoms with van der Waals surface area (Å²) in [6.45, 7) is 4.62. The van der Waals surface area contributed by atoms with Gasteiger partial charge in [-0.3, -0.25) is 9.59 Å². The third-order valence-electron chi connectivity index (χ3n) is 4.91. The highest BCUT2D eigenvalue weighted by Gasteiger charge is 2.52. The van der Waals surface area contributed by atoms with Crippen LogP contribution in [0.2, 0.25) is 5.02 Å². The lowest BCUT2D eigenvalue weighted by atomic mass is 9.83. The van der Waals surface area contributed by atoms with Crippen LogP contribution in [0.25, 0.3) is 11.1 Å². The van der Waals surface area contributed by atoms with Crippen molar-refractivity contribution in [3.8, 4) is 11.1 Å². The maximum atomic E-state index is 14.0. The lowest BCUT2D eigenvalue weighted by Crippen LogP contribution is -2.52. The number of aryl methyl sites for hydroxylation is 1. The van der Waals surface area contributed by atoms with Crippen LogP contribution in [0.4, 0.5) is 4.39 Å². The van der Waals surface area contributed by atoms with Crippen LogP contribution < -0.4 is 0 Å². The topological polar surface area (TPSA) is 52.6 Å². The molecule has 0 saturated carbocycles. The molecule has 6 heteroatoms. The summed E-state index contributed by atoms with van der Waals surface area (Å²) in [5.41, 5.74) is 0.909. The van der Waals surface area contributed by atoms with Gasteiger partial charge in [-0.05, 0) is 55.5 Å². The molecule has 1 aliphatic heterocycles. The van der Waals surface area contributed by atoms with Crippen molar-refractivity contribution in [1.82, 2.24) is 0 Å². The summed E-state index contributed by atoms with van der Waals surface area (Å²) >= 11 is 5.95. The largest absolute Gasteiger partial charge is 0.422 e. The van der Waals surface area contributed by atoms with Crippen LogP contribution in [0.1, 0.15) is 39.2 Å². The molecule has 3 rings (SSSR count). The molecule has 28 heavy (non-hydrogen) atoms. The zero-order valence-electron chi connectivity index (χ0n) is 16.1. The Bertz CT molecular complexity index is 885. The number of cyclic esters (lactones) is 2. The fourth-order valence-electron chi connectivity index (χ4n) is 3.20. The van der Waals surface area contributed by atoms with E-state index in [9.17, 15) is 14.0 Å². The summed E-state index contributed by atoms with van der Waals surface area (Å²) in [6.07, 6.45) is 1.59. The Labute approximate surface area is 168 Å². The number of rotatable bonds is 5. The predicted molar refractivity (Wildman–Crippen MR) is 104 cm³/mol. The number of halogens is 2. The second-order valence-electron chi connectivity index (χ2n) is 7.69. The van der Waals surface area contributed by atoms with Crippen LogP contribution in [0.5, 0.6) is 0 Å². The minimum absolute atomic E-state index is 0.325. The fraction of sp³-hybridized carbons (Fsp3) is 0.364. The average Bonchev–Trinajstić information content (AvgIpc) is 2.62. The van der Waals surface area contributed by atoms with Gasteiger partial charge in [-0.1, -0.05) is 35.9 Å². The SMILES string of the molecule is CC1(C)OC(=O)C(C)(CCCc2ccc(-c3cc(Cl)ccc3F)cc2)C(=O)O1. The van der Waals surface area contributed by atoms with Gasteiger partial charge in [0.05, 0.1) is 0 Å². The van der Waals surface area contributed by atoms with Crippen molar-refractivity contribution < 1.29 is 23.5 Å². The average molecular weight is 405 g/mol. The quantitative estimate of drug-likeness (QED) is 0.500. The maximum absolute atomic E-state index is 14.0. The molecule has 1 aliphatic rings. The Morgan fingerprint density at radius 2 is 1.57 bits per heavy atom. The molecule has 0 aliphatic carbocycles. The molecule has 0 amide bonds. The van der Waals surface area contributed by atoms with Crippen LogP contribution >= 0.6 is 11.6 Å². The number of hydrogen-bond donors (Lipinski definition) is 0. The molecular weight excluding hydrogens is 383 g/mol. The van der Waals surface area contributed by atoms with E-state index >= 15 is 0 Å². The fourth-order valence-corrected chi connectivity index (χ4v) is 3.37. The van der Waals surface area contributed by atoms with Crippen LogP contribution in [0, 0.1) is 11.2 Å². The summed E-state index contributed by atoms with van der Waals surface area (Å²) in [4.78, 5) is 24.6. The van der Waals surface area contributed by atoms with E-state index in [0.29, 0.717) is 29.8 Å². The molecule has 0 radical (unpaired) electrons. The molecule has 4 nitrogen and oxygen atoms in total. The van der Waals surface area contributed by atoms with E-state index in [2.05, 4.69) is 0 Å². The van der Waals surface area contributed by atoms with Gasteiger partial charge in [0.1, 0.15) is 5.82 Å². The van der Waals surface area contributed by atoms with E-state index in [4.69, 9.17) is 21.1 Å². The number of benzene rings is 2. The molecule has 2 aromatic carbocycles. The first-order valence-electron chi connectivity index (χ1n) is 9.12. The Morgan fingerprint density at radius 1 is 0.964 bits per heavy atom. The summed E-state index contributed by atoms with van der Waals surface area (Å²) in [6, 6.07) is 11.9. The van der Waals surface area contributed by atoms with Gasteiger partial charge in [0.2, 0.25) is 0 Å². The van der Waals surface area contributed by atoms with Gasteiger partial charge in [0.15, 0.2) is 5.41 Å². The first-order chi connectivity index (χ1) is 13.1. The van der Waals surface area contributed by atoms with Gasteiger partial charge in [0, 0.05) is 24.4 Å². The minimum Gasteiger partial charge on any atom is -0.422 e. The summed E-state index contributed by atoms with van der Waals surface area (Å²) < 4.78 is 24.4. The molecule has 0 spiro atoms. The lowest BCUT2D eigenvalue weighted by Gasteiger charge is -2.38. The van der Waals surface area contributed by atoms with E-state index in [1.165, 1.54) is 26.0 Å². The Balaban J connectivity index is 1.63. The highest BCUT2D eigenvalue weighted by atomic mass is 35.5. The molecule has 1 saturated heterocycles. The van der Waals surface area contributed by atoms with Crippen molar-refractivity contribution in [2.45, 2.75) is 45.8 Å². The van der Waals surface area contributed by atoms with Gasteiger partial charge >= 0.3 is 11.9 Å². The van der Waals surface area contributed by atoms with E-state index in [-0.39, 0.29) is 5.82 Å². The van der Waals surface area contributed by atoms with Gasteiger partial charge in [0.25, 0.3) is 5.79 Å². The van der Waals surface area contributed by atoms with Crippen molar-refractivity contribution in [2.75, 3.05) is 0 Å². The number of carbonyl (C=O) groups excluding carboxylic acids is 2. The van der Waals surface area contributed by atoms with Crippen molar-refractivity contribution in [3.05, 3.63) is 58.9 Å². The van der Waals surface area contributed by atoms with Crippen molar-refractivity contribution in [1.29, 1.82) is 0 Å². The summed E-state index contributed by atoms with van der Waals surface area (Å²) in [5, 5.41) is 0.475. The van der Waals surface area contributed by atoms with E-state index < -0.39 is 23.1 Å². The van der Waals surface area contributed by atoms with Crippen LogP contribution in [0.3, 0.4) is 0 Å². The molecule has 0 aromatic heterocycles. The molecule has 1 fully saturated rings. The van der Waals surface area contributed by atoms with Crippen molar-refractivity contribution >= 4 is 23.5 Å². The molecule has 0 atom stereocenters. The first-order valence-corrected chi connectivity index (χ1v) is 9.50. The van der Waals surface area contributed by atoms with Crippen LogP contribution in [-0.2, 0) is 25.5 Å². The third-order valence-corrected chi connectivity index (χ3v) is 5.15. The summed E-state index contributed by atoms with van der Waals surface area (Å²) in [7, 11) is 0. The normalized spacial score (nSPS) is 17.8. The third kappa shape index (κ3) is 4.20. The van der Waals surface area contributed by atoms with Crippen molar-refractivity contribution in [3.63, 3.8) is 0 Å². The Kier molecular flexibility index (Phi) is 5.48. The van der Waals surface area contributed by atoms with Crippen LogP contribution in [0.15, 0.2) is 42.5 Å². The summed E-state index contributed by atoms with van der Waals surface area (Å²) in [5.74, 6) is -2.66. The molecule has 0 unspecified atom stereocenters. The molecule has 0 bridgehead atoms. The smallest absolute Gasteiger partial charge is 0.326 e. The van der Waals surface area contributed by atoms with Crippen molar-refractivity contribution in [2.24, 2.45) is 5.41 Å². The highest BCUT2D eigenvalue weighted by Crippen LogP contribution is 2.36. The number of esters is 2. The number of carbonyl (C=O) groups is 2. The van der Waals surface area contributed by atoms with Gasteiger partial charge in [-0.25, -0.2) is 4.39 Å². The van der Waals surface area contributed by atoms with E-state index in [0.717, 1.165) is 11.1 Å². The maximum Gasteiger partial charge on any atom is 0.326 e. The van der Waals surface area contributed by atoms with Gasteiger partial charge in [-0.15, -0.1) is 0 Å². The number of hydrogen-bond acceptors (Lipinski definition) is 4. The zero-order valence-corrected chi connectivity index (χ0v) is 16.8. The molecule has 148 valence electrons. The second kappa shape index (κ2) is 7.55. The predicted octanol–water partition coefficient (Wildman–Crippen LogP) is 5.31. The molecule has 2 aromatic rings. The Morgan fingerprint density at radius 3 is 2.18 bits per heavy atom. The standard InChI is InChI=1S/C22H22ClFO4/c1-21(2)27-19(25)22(3,20(26)28-21)12-4-5-14-6-8-15(9-7-14)17-13-16(23)10-11-18(17)24/h6-11,13H,4-5,12H2,1-3H3. The second-order valence-corrected chi connectivity index (χ2v) is 8.12. The molecule has 1 heterocycles. The molecular formula is C22H22ClFO4. The zero-order chi connectivity index (χ0) is 20.5. The van der Waals surface area contributed by atoms with Crippen LogP contribution in [-0.4, -0.2) is 17.7 Å². The molecule has 0 N–H and O–H groups in total. The van der Waals surface area contributed by atoms with E-state index in [1.807, 2.05) is 24.3 Å². The minimum atomic E-state index is -1.29. The number of ether oxygens (including phenoxy) is 2. The van der Waals surface area contributed by atoms with Gasteiger partial charge < -0.3 is 9.47 Å². The highest BCUT2D eigenvalue weighted by molar-refractivity contribution is 6.30.